The average Bonchev–Trinajstić information content (AvgIpc) is 2.81. The number of aryl methyl sites for hydroxylation is 1. The lowest BCUT2D eigenvalue weighted by molar-refractivity contribution is -0.129. The second kappa shape index (κ2) is 10.6. The number of halogens is 3. The van der Waals surface area contributed by atoms with Crippen LogP contribution in [0.15, 0.2) is 71.7 Å². The third-order valence-electron chi connectivity index (χ3n) is 5.18. The number of nitrogens with zero attached hydrogens (tertiary/aromatic N) is 2. The Morgan fingerprint density at radius 2 is 1.82 bits per heavy atom. The van der Waals surface area contributed by atoms with Gasteiger partial charge in [0, 0.05) is 22.2 Å². The minimum Gasteiger partial charge on any atom is -0.325 e. The number of rotatable bonds is 5. The van der Waals surface area contributed by atoms with Crippen LogP contribution in [-0.4, -0.2) is 27.1 Å². The third kappa shape index (κ3) is 5.97. The number of amides is 2. The van der Waals surface area contributed by atoms with Crippen LogP contribution in [-0.2, 0) is 16.1 Å². The zero-order valence-electron chi connectivity index (χ0n) is 18.1. The molecule has 0 aliphatic carbocycles. The maximum Gasteiger partial charge on any atom is 0.238 e. The van der Waals surface area contributed by atoms with Gasteiger partial charge in [0.25, 0.3) is 0 Å². The van der Waals surface area contributed by atoms with Crippen LogP contribution in [0.25, 0.3) is 0 Å². The van der Waals surface area contributed by atoms with E-state index in [9.17, 15) is 14.0 Å². The second-order valence-electron chi connectivity index (χ2n) is 7.74. The van der Waals surface area contributed by atoms with Crippen molar-refractivity contribution in [1.82, 2.24) is 4.90 Å². The van der Waals surface area contributed by atoms with Crippen LogP contribution in [0.4, 0.5) is 15.8 Å². The normalized spacial score (nSPS) is 17.2. The molecule has 1 heterocycles. The van der Waals surface area contributed by atoms with Gasteiger partial charge in [-0.05, 0) is 66.6 Å². The predicted molar refractivity (Wildman–Crippen MR) is 136 cm³/mol. The van der Waals surface area contributed by atoms with E-state index in [2.05, 4.69) is 10.3 Å². The van der Waals surface area contributed by atoms with Gasteiger partial charge in [-0.15, -0.1) is 0 Å². The molecule has 1 aliphatic heterocycles. The summed E-state index contributed by atoms with van der Waals surface area (Å²) in [5.74, 6) is -0.924. The van der Waals surface area contributed by atoms with Gasteiger partial charge in [-0.25, -0.2) is 9.38 Å². The first kappa shape index (κ1) is 24.3. The lowest BCUT2D eigenvalue weighted by Gasteiger charge is -2.32. The first-order valence-corrected chi connectivity index (χ1v) is 12.0. The zero-order chi connectivity index (χ0) is 24.2. The molecule has 1 N–H and O–H groups in total. The molecule has 1 fully saturated rings. The van der Waals surface area contributed by atoms with Gasteiger partial charge in [0.2, 0.25) is 11.8 Å². The molecule has 1 saturated heterocycles. The molecule has 4 rings (SSSR count). The minimum atomic E-state index is -0.678. The predicted octanol–water partition coefficient (Wildman–Crippen LogP) is 6.60. The molecule has 3 aromatic carbocycles. The van der Waals surface area contributed by atoms with Crippen molar-refractivity contribution in [3.05, 3.63) is 93.7 Å². The second-order valence-corrected chi connectivity index (χ2v) is 9.75. The highest BCUT2D eigenvalue weighted by Crippen LogP contribution is 2.32. The number of hydrogen-bond acceptors (Lipinski definition) is 4. The maximum atomic E-state index is 13.3. The fourth-order valence-electron chi connectivity index (χ4n) is 3.29. The van der Waals surface area contributed by atoms with E-state index in [-0.39, 0.29) is 30.6 Å². The highest BCUT2D eigenvalue weighted by molar-refractivity contribution is 8.15. The van der Waals surface area contributed by atoms with E-state index in [0.29, 0.717) is 26.6 Å². The fraction of sp³-hybridized carbons (Fsp3) is 0.160. The van der Waals surface area contributed by atoms with Crippen molar-refractivity contribution in [1.29, 1.82) is 0 Å². The lowest BCUT2D eigenvalue weighted by atomic mass is 10.2. The summed E-state index contributed by atoms with van der Waals surface area (Å²) in [6, 6.07) is 18.0. The summed E-state index contributed by atoms with van der Waals surface area (Å²) in [6.45, 7) is 2.08. The molecule has 0 aromatic heterocycles. The maximum absolute atomic E-state index is 13.3. The number of nitrogens with one attached hydrogen (secondary N) is 1. The highest BCUT2D eigenvalue weighted by atomic mass is 35.5. The molecule has 5 nitrogen and oxygen atoms in total. The van der Waals surface area contributed by atoms with Crippen molar-refractivity contribution >= 4 is 63.3 Å². The van der Waals surface area contributed by atoms with Crippen LogP contribution < -0.4 is 5.32 Å². The lowest BCUT2D eigenvalue weighted by Crippen LogP contribution is -2.44. The van der Waals surface area contributed by atoms with Gasteiger partial charge in [0.05, 0.1) is 12.2 Å². The molecule has 1 aliphatic rings. The van der Waals surface area contributed by atoms with Gasteiger partial charge in [-0.1, -0.05) is 53.2 Å². The van der Waals surface area contributed by atoms with Gasteiger partial charge in [0.1, 0.15) is 11.1 Å². The summed E-state index contributed by atoms with van der Waals surface area (Å²) in [7, 11) is 0. The molecule has 3 aromatic rings. The molecule has 1 unspecified atom stereocenters. The Bertz CT molecular complexity index is 1250. The van der Waals surface area contributed by atoms with Crippen LogP contribution in [0, 0.1) is 12.7 Å². The summed E-state index contributed by atoms with van der Waals surface area (Å²) in [4.78, 5) is 32.3. The molecule has 1 atom stereocenters. The number of anilines is 1. The molecule has 0 spiro atoms. The summed E-state index contributed by atoms with van der Waals surface area (Å²) >= 11 is 13.3. The Morgan fingerprint density at radius 3 is 2.50 bits per heavy atom. The van der Waals surface area contributed by atoms with E-state index in [1.807, 2.05) is 13.0 Å². The molecular weight excluding hydrogens is 496 g/mol. The summed E-state index contributed by atoms with van der Waals surface area (Å²) in [5.41, 5.74) is 2.79. The minimum absolute atomic E-state index is 0.00305. The van der Waals surface area contributed by atoms with Crippen molar-refractivity contribution in [3.8, 4) is 0 Å². The van der Waals surface area contributed by atoms with E-state index >= 15 is 0 Å². The van der Waals surface area contributed by atoms with Crippen LogP contribution in [0.5, 0.6) is 0 Å². The number of aliphatic imine (C=N–C) groups is 1. The SMILES string of the molecule is Cc1ccc(NC(=O)C2CC(=O)N(Cc3ccc(F)cc3)C(=Nc3ccc(Cl)cc3)S2)cc1Cl. The number of carbonyl (C=O) groups excluding carboxylic acids is 2. The number of thioether (sulfide) groups is 1. The molecule has 34 heavy (non-hydrogen) atoms. The molecular formula is C25H20Cl2FN3O2S. The monoisotopic (exact) mass is 515 g/mol. The van der Waals surface area contributed by atoms with E-state index < -0.39 is 5.25 Å². The Balaban J connectivity index is 1.59. The van der Waals surface area contributed by atoms with E-state index in [0.717, 1.165) is 11.1 Å². The zero-order valence-corrected chi connectivity index (χ0v) is 20.4. The highest BCUT2D eigenvalue weighted by Gasteiger charge is 2.36. The molecule has 2 amide bonds. The Morgan fingerprint density at radius 1 is 1.12 bits per heavy atom. The third-order valence-corrected chi connectivity index (χ3v) is 7.02. The van der Waals surface area contributed by atoms with E-state index in [1.54, 1.807) is 48.5 Å². The summed E-state index contributed by atoms with van der Waals surface area (Å²) < 4.78 is 13.3. The number of hydrogen-bond donors (Lipinski definition) is 1. The van der Waals surface area contributed by atoms with Gasteiger partial charge in [0.15, 0.2) is 5.17 Å². The van der Waals surface area contributed by atoms with E-state index in [1.165, 1.54) is 28.8 Å². The first-order chi connectivity index (χ1) is 16.3. The number of amidine groups is 1. The van der Waals surface area contributed by atoms with Crippen molar-refractivity contribution in [2.75, 3.05) is 5.32 Å². The smallest absolute Gasteiger partial charge is 0.238 e. The molecule has 174 valence electrons. The van der Waals surface area contributed by atoms with Crippen molar-refractivity contribution < 1.29 is 14.0 Å². The summed E-state index contributed by atoms with van der Waals surface area (Å²) in [6.07, 6.45) is -0.00305. The quantitative estimate of drug-likeness (QED) is 0.416. The van der Waals surface area contributed by atoms with Gasteiger partial charge in [-0.2, -0.15) is 0 Å². The Hall–Kier alpha value is -2.87. The topological polar surface area (TPSA) is 61.8 Å². The van der Waals surface area contributed by atoms with Crippen LogP contribution in [0.1, 0.15) is 17.5 Å². The van der Waals surface area contributed by atoms with Gasteiger partial charge < -0.3 is 5.32 Å². The number of benzene rings is 3. The first-order valence-electron chi connectivity index (χ1n) is 10.4. The molecule has 9 heteroatoms. The Kier molecular flexibility index (Phi) is 7.56. The van der Waals surface area contributed by atoms with Gasteiger partial charge >= 0.3 is 0 Å². The van der Waals surface area contributed by atoms with Crippen LogP contribution in [0.2, 0.25) is 10.0 Å². The average molecular weight is 516 g/mol. The van der Waals surface area contributed by atoms with Crippen LogP contribution in [0.3, 0.4) is 0 Å². The molecule has 0 saturated carbocycles. The van der Waals surface area contributed by atoms with E-state index in [4.69, 9.17) is 23.2 Å². The largest absolute Gasteiger partial charge is 0.325 e. The molecule has 0 radical (unpaired) electrons. The number of carbonyl (C=O) groups is 2. The fourth-order valence-corrected chi connectivity index (χ4v) is 4.69. The van der Waals surface area contributed by atoms with Crippen LogP contribution >= 0.6 is 35.0 Å². The Labute approximate surface area is 211 Å². The molecule has 0 bridgehead atoms. The standard InChI is InChI=1S/C25H20Cl2FN3O2S/c1-15-2-9-20(12-21(15)27)29-24(33)22-13-23(32)31(14-16-3-7-18(28)8-4-16)25(34-22)30-19-10-5-17(26)6-11-19/h2-12,22H,13-14H2,1H3,(H,29,33). The van der Waals surface area contributed by atoms with Gasteiger partial charge in [-0.3, -0.25) is 14.5 Å². The van der Waals surface area contributed by atoms with Crippen molar-refractivity contribution in [3.63, 3.8) is 0 Å². The summed E-state index contributed by atoms with van der Waals surface area (Å²) in [5, 5.41) is 3.64. The van der Waals surface area contributed by atoms with Crippen molar-refractivity contribution in [2.24, 2.45) is 4.99 Å². The van der Waals surface area contributed by atoms with Crippen molar-refractivity contribution in [2.45, 2.75) is 25.1 Å².